The van der Waals surface area contributed by atoms with Crippen molar-refractivity contribution in [2.24, 2.45) is 0 Å². The molecule has 0 N–H and O–H groups in total. The van der Waals surface area contributed by atoms with E-state index in [1.807, 2.05) is 27.7 Å². The average Bonchev–Trinajstić information content (AvgIpc) is 2.54. The monoisotopic (exact) mass is 290 g/mol. The number of Topliss-reactive ketones (excluding diaryl/α,β-unsaturated/α-hetero) is 1. The van der Waals surface area contributed by atoms with E-state index in [0.29, 0.717) is 11.1 Å². The van der Waals surface area contributed by atoms with Crippen molar-refractivity contribution in [2.45, 2.75) is 48.0 Å². The predicted octanol–water partition coefficient (Wildman–Crippen LogP) is 6.62. The molecule has 0 aromatic carbocycles. The molecule has 1 heteroatoms. The third-order valence-corrected chi connectivity index (χ3v) is 1.56. The van der Waals surface area contributed by atoms with Crippen LogP contribution in [0.25, 0.3) is 0 Å². The molecule has 0 amide bonds. The fourth-order valence-electron chi connectivity index (χ4n) is 0.893. The summed E-state index contributed by atoms with van der Waals surface area (Å²) >= 11 is 0. The van der Waals surface area contributed by atoms with Gasteiger partial charge in [-0.2, -0.15) is 0 Å². The highest BCUT2D eigenvalue weighted by atomic mass is 16.1. The molecule has 0 fully saturated rings. The Labute approximate surface area is 133 Å². The predicted molar refractivity (Wildman–Crippen MR) is 101 cm³/mol. The van der Waals surface area contributed by atoms with E-state index in [1.54, 1.807) is 24.3 Å². The molecule has 0 rings (SSSR count). The second-order valence-electron chi connectivity index (χ2n) is 3.16. The molecule has 0 saturated heterocycles. The molecule has 0 aromatic rings. The van der Waals surface area contributed by atoms with Gasteiger partial charge in [0, 0.05) is 11.1 Å². The number of carbonyl (C=O) groups excluding carboxylic acids is 1. The van der Waals surface area contributed by atoms with E-state index in [9.17, 15) is 4.79 Å². The minimum Gasteiger partial charge on any atom is -0.289 e. The largest absolute Gasteiger partial charge is 0.289 e. The Bertz CT molecular complexity index is 309. The lowest BCUT2D eigenvalue weighted by Gasteiger charge is -2.00. The number of hydrogen-bond donors (Lipinski definition) is 0. The van der Waals surface area contributed by atoms with Gasteiger partial charge in [0.05, 0.1) is 0 Å². The zero-order chi connectivity index (χ0) is 17.7. The second-order valence-corrected chi connectivity index (χ2v) is 3.16. The summed E-state index contributed by atoms with van der Waals surface area (Å²) in [5.41, 5.74) is 0.987. The van der Waals surface area contributed by atoms with E-state index < -0.39 is 0 Å². The molecule has 0 unspecified atom stereocenters. The summed E-state index contributed by atoms with van der Waals surface area (Å²) in [5.74, 6) is -0.130. The maximum absolute atomic E-state index is 11.7. The zero-order valence-electron chi connectivity index (χ0n) is 14.9. The highest BCUT2D eigenvalue weighted by molar-refractivity contribution is 6.12. The molecule has 0 aliphatic rings. The fourth-order valence-corrected chi connectivity index (χ4v) is 0.893. The standard InChI is InChI=1S/C13H14O.C3H8.2C2H6/c1-5-9-11(7-3)13(14)12(8-4)10-6-2;1-3-2;2*1-2/h5-10H,1-4H2;3H2,1-2H3;2*1-2H3/b11-9+,12-10+;;;. The van der Waals surface area contributed by atoms with Gasteiger partial charge in [-0.25, -0.2) is 0 Å². The molecule has 1 nitrogen and oxygen atoms in total. The molecule has 21 heavy (non-hydrogen) atoms. The van der Waals surface area contributed by atoms with E-state index in [1.165, 1.54) is 18.6 Å². The van der Waals surface area contributed by atoms with E-state index in [2.05, 4.69) is 40.2 Å². The first-order valence-corrected chi connectivity index (χ1v) is 7.57. The van der Waals surface area contributed by atoms with Gasteiger partial charge >= 0.3 is 0 Å². The van der Waals surface area contributed by atoms with Crippen LogP contribution in [0.5, 0.6) is 0 Å². The van der Waals surface area contributed by atoms with Crippen molar-refractivity contribution in [2.75, 3.05) is 0 Å². The van der Waals surface area contributed by atoms with Gasteiger partial charge in [0.15, 0.2) is 5.78 Å². The average molecular weight is 290 g/mol. The molecular formula is C20H34O. The van der Waals surface area contributed by atoms with E-state index >= 15 is 0 Å². The van der Waals surface area contributed by atoms with Crippen LogP contribution in [0.4, 0.5) is 0 Å². The van der Waals surface area contributed by atoms with Crippen LogP contribution in [0.2, 0.25) is 0 Å². The number of ketones is 1. The van der Waals surface area contributed by atoms with Gasteiger partial charge in [-0.3, -0.25) is 4.79 Å². The molecular weight excluding hydrogens is 256 g/mol. The van der Waals surface area contributed by atoms with Gasteiger partial charge in [-0.1, -0.05) is 111 Å². The smallest absolute Gasteiger partial charge is 0.192 e. The number of hydrogen-bond acceptors (Lipinski definition) is 1. The Balaban J connectivity index is -0.000000176. The lowest BCUT2D eigenvalue weighted by Crippen LogP contribution is -2.02. The van der Waals surface area contributed by atoms with Gasteiger partial charge in [0.2, 0.25) is 0 Å². The van der Waals surface area contributed by atoms with Crippen molar-refractivity contribution in [3.8, 4) is 0 Å². The third kappa shape index (κ3) is 18.1. The summed E-state index contributed by atoms with van der Waals surface area (Å²) in [7, 11) is 0. The number of rotatable bonds is 6. The lowest BCUT2D eigenvalue weighted by atomic mass is 10.0. The molecule has 0 bridgehead atoms. The minimum atomic E-state index is -0.130. The van der Waals surface area contributed by atoms with Crippen LogP contribution in [-0.2, 0) is 4.79 Å². The molecule has 0 spiro atoms. The molecule has 0 saturated carbocycles. The maximum Gasteiger partial charge on any atom is 0.192 e. The minimum absolute atomic E-state index is 0.130. The quantitative estimate of drug-likeness (QED) is 0.397. The SMILES string of the molecule is C=C/C=C(\C=C)C(=O)/C(C=C)=C/C=C.CC.CC.CCC. The van der Waals surface area contributed by atoms with Crippen LogP contribution in [0, 0.1) is 0 Å². The first kappa shape index (κ1) is 27.5. The lowest BCUT2D eigenvalue weighted by molar-refractivity contribution is -0.111. The van der Waals surface area contributed by atoms with Gasteiger partial charge < -0.3 is 0 Å². The molecule has 0 aliphatic heterocycles. The Kier molecular flexibility index (Phi) is 34.8. The first-order chi connectivity index (χ1) is 10.1. The van der Waals surface area contributed by atoms with E-state index in [-0.39, 0.29) is 5.78 Å². The normalized spacial score (nSPS) is 9.24. The van der Waals surface area contributed by atoms with Gasteiger partial charge in [0.1, 0.15) is 0 Å². The maximum atomic E-state index is 11.7. The fraction of sp³-hybridized carbons (Fsp3) is 0.350. The summed E-state index contributed by atoms with van der Waals surface area (Å²) in [6, 6.07) is 0. The van der Waals surface area contributed by atoms with Gasteiger partial charge in [-0.05, 0) is 0 Å². The Morgan fingerprint density at radius 2 is 1.00 bits per heavy atom. The van der Waals surface area contributed by atoms with E-state index in [0.717, 1.165) is 0 Å². The summed E-state index contributed by atoms with van der Waals surface area (Å²) in [4.78, 5) is 11.7. The summed E-state index contributed by atoms with van der Waals surface area (Å²) in [5, 5.41) is 0. The third-order valence-electron chi connectivity index (χ3n) is 1.56. The molecule has 0 aromatic heterocycles. The zero-order valence-corrected chi connectivity index (χ0v) is 14.9. The van der Waals surface area contributed by atoms with Gasteiger partial charge in [-0.15, -0.1) is 0 Å². The van der Waals surface area contributed by atoms with Crippen LogP contribution in [0.1, 0.15) is 48.0 Å². The van der Waals surface area contributed by atoms with Crippen molar-refractivity contribution in [1.82, 2.24) is 0 Å². The number of carbonyl (C=O) groups is 1. The van der Waals surface area contributed by atoms with Crippen molar-refractivity contribution >= 4 is 5.78 Å². The highest BCUT2D eigenvalue weighted by Crippen LogP contribution is 2.08. The van der Waals surface area contributed by atoms with Crippen LogP contribution in [0.15, 0.2) is 73.9 Å². The molecule has 0 aliphatic carbocycles. The van der Waals surface area contributed by atoms with Crippen LogP contribution in [0.3, 0.4) is 0 Å². The van der Waals surface area contributed by atoms with Crippen LogP contribution in [-0.4, -0.2) is 5.78 Å². The first-order valence-electron chi connectivity index (χ1n) is 7.57. The summed E-state index contributed by atoms with van der Waals surface area (Å²) in [6.07, 6.45) is 10.5. The Morgan fingerprint density at radius 3 is 1.14 bits per heavy atom. The summed E-state index contributed by atoms with van der Waals surface area (Å²) < 4.78 is 0. The van der Waals surface area contributed by atoms with Crippen LogP contribution < -0.4 is 0 Å². The molecule has 0 atom stereocenters. The van der Waals surface area contributed by atoms with Crippen molar-refractivity contribution in [3.05, 3.63) is 73.9 Å². The Morgan fingerprint density at radius 1 is 0.762 bits per heavy atom. The second kappa shape index (κ2) is 26.6. The molecule has 0 radical (unpaired) electrons. The van der Waals surface area contributed by atoms with Gasteiger partial charge in [0.25, 0.3) is 0 Å². The van der Waals surface area contributed by atoms with Crippen LogP contribution >= 0.6 is 0 Å². The molecule has 120 valence electrons. The van der Waals surface area contributed by atoms with E-state index in [4.69, 9.17) is 0 Å². The van der Waals surface area contributed by atoms with Crippen molar-refractivity contribution in [1.29, 1.82) is 0 Å². The molecule has 0 heterocycles. The highest BCUT2D eigenvalue weighted by Gasteiger charge is 2.07. The topological polar surface area (TPSA) is 17.1 Å². The summed E-state index contributed by atoms with van der Waals surface area (Å²) in [6.45, 7) is 26.4. The van der Waals surface area contributed by atoms with Crippen molar-refractivity contribution in [3.63, 3.8) is 0 Å². The Hall–Kier alpha value is -1.89. The van der Waals surface area contributed by atoms with Crippen molar-refractivity contribution < 1.29 is 4.79 Å². The number of allylic oxidation sites excluding steroid dienone is 8.